The summed E-state index contributed by atoms with van der Waals surface area (Å²) in [4.78, 5) is 16.6. The van der Waals surface area contributed by atoms with Crippen LogP contribution in [0.15, 0.2) is 47.9 Å². The van der Waals surface area contributed by atoms with Gasteiger partial charge in [-0.25, -0.2) is 13.4 Å². The summed E-state index contributed by atoms with van der Waals surface area (Å²) in [5, 5.41) is 2.96. The molecule has 3 rings (SSSR count). The van der Waals surface area contributed by atoms with Gasteiger partial charge in [-0.15, -0.1) is 0 Å². The van der Waals surface area contributed by atoms with Gasteiger partial charge in [-0.1, -0.05) is 30.3 Å². The van der Waals surface area contributed by atoms with Crippen LogP contribution in [0.1, 0.15) is 38.3 Å². The molecule has 0 radical (unpaired) electrons. The molecule has 0 saturated carbocycles. The average Bonchev–Trinajstić information content (AvgIpc) is 3.18. The lowest BCUT2D eigenvalue weighted by Crippen LogP contribution is -2.45. The Morgan fingerprint density at radius 3 is 2.70 bits per heavy atom. The Hall–Kier alpha value is -2.19. The summed E-state index contributed by atoms with van der Waals surface area (Å²) >= 11 is 0. The van der Waals surface area contributed by atoms with Crippen molar-refractivity contribution >= 4 is 15.9 Å². The molecule has 1 unspecified atom stereocenters. The van der Waals surface area contributed by atoms with Crippen LogP contribution in [-0.4, -0.2) is 41.3 Å². The molecule has 2 heterocycles. The number of nitrogens with one attached hydrogen (secondary N) is 1. The smallest absolute Gasteiger partial charge is 0.262 e. The number of carbonyl (C=O) groups is 1. The molecule has 1 aliphatic heterocycles. The molecule has 1 fully saturated rings. The number of hydrogen-bond donors (Lipinski definition) is 1. The number of sulfonamides is 1. The molecule has 1 aromatic heterocycles. The van der Waals surface area contributed by atoms with E-state index < -0.39 is 10.0 Å². The van der Waals surface area contributed by atoms with E-state index >= 15 is 0 Å². The molecule has 0 spiro atoms. The van der Waals surface area contributed by atoms with Crippen LogP contribution >= 0.6 is 0 Å². The van der Waals surface area contributed by atoms with E-state index in [1.54, 1.807) is 10.8 Å². The maximum absolute atomic E-state index is 12.9. The number of hydrogen-bond acceptors (Lipinski definition) is 4. The van der Waals surface area contributed by atoms with Gasteiger partial charge in [-0.05, 0) is 32.3 Å². The number of nitrogens with zero attached hydrogens (tertiary/aromatic N) is 3. The van der Waals surface area contributed by atoms with Crippen molar-refractivity contribution in [2.45, 2.75) is 44.3 Å². The van der Waals surface area contributed by atoms with E-state index in [9.17, 15) is 13.2 Å². The van der Waals surface area contributed by atoms with E-state index in [2.05, 4.69) is 10.3 Å². The fourth-order valence-corrected chi connectivity index (χ4v) is 4.62. The topological polar surface area (TPSA) is 84.3 Å². The average molecular weight is 391 g/mol. The number of carbonyl (C=O) groups excluding carboxylic acids is 1. The lowest BCUT2D eigenvalue weighted by atomic mass is 9.99. The third kappa shape index (κ3) is 4.56. The number of amides is 1. The van der Waals surface area contributed by atoms with E-state index in [-0.39, 0.29) is 29.4 Å². The number of imidazole rings is 1. The molecule has 1 saturated heterocycles. The Labute approximate surface area is 160 Å². The van der Waals surface area contributed by atoms with E-state index in [4.69, 9.17) is 0 Å². The molecular formula is C19H26N4O3S. The highest BCUT2D eigenvalue weighted by Gasteiger charge is 2.34. The molecule has 146 valence electrons. The molecular weight excluding hydrogens is 364 g/mol. The molecule has 27 heavy (non-hydrogen) atoms. The van der Waals surface area contributed by atoms with Gasteiger partial charge >= 0.3 is 0 Å². The Balaban J connectivity index is 1.64. The number of rotatable bonds is 6. The Kier molecular flexibility index (Phi) is 5.96. The molecule has 1 atom stereocenters. The van der Waals surface area contributed by atoms with E-state index in [0.29, 0.717) is 25.9 Å². The highest BCUT2D eigenvalue weighted by atomic mass is 32.2. The van der Waals surface area contributed by atoms with Crippen molar-refractivity contribution in [1.29, 1.82) is 0 Å². The normalized spacial score (nSPS) is 18.6. The van der Waals surface area contributed by atoms with Crippen LogP contribution in [0.3, 0.4) is 0 Å². The first kappa shape index (κ1) is 19.6. The lowest BCUT2D eigenvalue weighted by molar-refractivity contribution is -0.126. The molecule has 0 bridgehead atoms. The standard InChI is InChI=1S/C19H26N4O3S/c1-15(2)22-13-18(21-14-22)27(25,26)23-10-6-9-17(12-23)19(24)20-11-16-7-4-3-5-8-16/h3-5,7-8,13-15,17H,6,9-12H2,1-2H3,(H,20,24). The molecule has 1 aliphatic rings. The second-order valence-corrected chi connectivity index (χ2v) is 9.04. The Morgan fingerprint density at radius 2 is 2.04 bits per heavy atom. The zero-order chi connectivity index (χ0) is 19.4. The van der Waals surface area contributed by atoms with Crippen molar-refractivity contribution in [1.82, 2.24) is 19.2 Å². The van der Waals surface area contributed by atoms with Gasteiger partial charge in [0.2, 0.25) is 5.91 Å². The Morgan fingerprint density at radius 1 is 1.30 bits per heavy atom. The second kappa shape index (κ2) is 8.22. The van der Waals surface area contributed by atoms with E-state index in [0.717, 1.165) is 5.56 Å². The second-order valence-electron chi connectivity index (χ2n) is 7.16. The molecule has 1 amide bonds. The van der Waals surface area contributed by atoms with Gasteiger partial charge in [0.1, 0.15) is 0 Å². The molecule has 1 aromatic carbocycles. The van der Waals surface area contributed by atoms with Gasteiger partial charge in [0.15, 0.2) is 5.03 Å². The molecule has 0 aliphatic carbocycles. The summed E-state index contributed by atoms with van der Waals surface area (Å²) in [6, 6.07) is 9.81. The zero-order valence-corrected chi connectivity index (χ0v) is 16.5. The van der Waals surface area contributed by atoms with Crippen LogP contribution in [0.25, 0.3) is 0 Å². The van der Waals surface area contributed by atoms with Crippen molar-refractivity contribution in [2.24, 2.45) is 5.92 Å². The summed E-state index contributed by atoms with van der Waals surface area (Å²) in [5.41, 5.74) is 1.02. The van der Waals surface area contributed by atoms with Crippen molar-refractivity contribution in [2.75, 3.05) is 13.1 Å². The molecule has 2 aromatic rings. The zero-order valence-electron chi connectivity index (χ0n) is 15.7. The summed E-state index contributed by atoms with van der Waals surface area (Å²) in [6.07, 6.45) is 4.44. The minimum Gasteiger partial charge on any atom is -0.352 e. The summed E-state index contributed by atoms with van der Waals surface area (Å²) in [5.74, 6) is -0.448. The third-order valence-electron chi connectivity index (χ3n) is 4.84. The van der Waals surface area contributed by atoms with Crippen LogP contribution in [0.2, 0.25) is 0 Å². The maximum Gasteiger partial charge on any atom is 0.262 e. The third-order valence-corrected chi connectivity index (χ3v) is 6.59. The van der Waals surface area contributed by atoms with Gasteiger partial charge in [-0.3, -0.25) is 4.79 Å². The predicted octanol–water partition coefficient (Wildman–Crippen LogP) is 2.18. The fraction of sp³-hybridized carbons (Fsp3) is 0.474. The fourth-order valence-electron chi connectivity index (χ4n) is 3.17. The van der Waals surface area contributed by atoms with Crippen LogP contribution in [0.5, 0.6) is 0 Å². The first-order valence-electron chi connectivity index (χ1n) is 9.23. The van der Waals surface area contributed by atoms with Gasteiger partial charge in [-0.2, -0.15) is 4.31 Å². The SMILES string of the molecule is CC(C)n1cnc(S(=O)(=O)N2CCCC(C(=O)NCc3ccccc3)C2)c1. The minimum absolute atomic E-state index is 0.0431. The van der Waals surface area contributed by atoms with Crippen molar-refractivity contribution in [3.63, 3.8) is 0 Å². The summed E-state index contributed by atoms with van der Waals surface area (Å²) in [7, 11) is -3.69. The summed E-state index contributed by atoms with van der Waals surface area (Å²) in [6.45, 7) is 4.98. The molecule has 1 N–H and O–H groups in total. The highest BCUT2D eigenvalue weighted by Crippen LogP contribution is 2.23. The van der Waals surface area contributed by atoms with Crippen LogP contribution in [0.4, 0.5) is 0 Å². The number of aromatic nitrogens is 2. The largest absolute Gasteiger partial charge is 0.352 e. The van der Waals surface area contributed by atoms with E-state index in [1.165, 1.54) is 10.6 Å². The quantitative estimate of drug-likeness (QED) is 0.819. The van der Waals surface area contributed by atoms with Crippen LogP contribution in [-0.2, 0) is 21.4 Å². The van der Waals surface area contributed by atoms with Crippen molar-refractivity contribution < 1.29 is 13.2 Å². The first-order chi connectivity index (χ1) is 12.9. The summed E-state index contributed by atoms with van der Waals surface area (Å²) < 4.78 is 28.9. The van der Waals surface area contributed by atoms with Gasteiger partial charge in [0, 0.05) is 31.9 Å². The Bertz CT molecular complexity index is 877. The van der Waals surface area contributed by atoms with Gasteiger partial charge in [0.25, 0.3) is 10.0 Å². The number of benzene rings is 1. The number of piperidine rings is 1. The lowest BCUT2D eigenvalue weighted by Gasteiger charge is -2.30. The van der Waals surface area contributed by atoms with Gasteiger partial charge in [0.05, 0.1) is 12.2 Å². The minimum atomic E-state index is -3.69. The van der Waals surface area contributed by atoms with Crippen molar-refractivity contribution in [3.8, 4) is 0 Å². The highest BCUT2D eigenvalue weighted by molar-refractivity contribution is 7.89. The predicted molar refractivity (Wildman–Crippen MR) is 102 cm³/mol. The van der Waals surface area contributed by atoms with Gasteiger partial charge < -0.3 is 9.88 Å². The molecule has 7 nitrogen and oxygen atoms in total. The first-order valence-corrected chi connectivity index (χ1v) is 10.7. The van der Waals surface area contributed by atoms with E-state index in [1.807, 2.05) is 44.2 Å². The van der Waals surface area contributed by atoms with Crippen molar-refractivity contribution in [3.05, 3.63) is 48.4 Å². The molecule has 8 heteroatoms. The van der Waals surface area contributed by atoms with Crippen LogP contribution in [0, 0.1) is 5.92 Å². The van der Waals surface area contributed by atoms with Crippen LogP contribution < -0.4 is 5.32 Å². The maximum atomic E-state index is 12.9. The monoisotopic (exact) mass is 390 g/mol.